The molecule has 0 spiro atoms. The second kappa shape index (κ2) is 7.82. The van der Waals surface area contributed by atoms with Crippen LogP contribution in [0, 0.1) is 11.8 Å². The highest BCUT2D eigenvalue weighted by molar-refractivity contribution is 7.19. The molecule has 2 heterocycles. The first-order valence-corrected chi connectivity index (χ1v) is 9.60. The Morgan fingerprint density at radius 2 is 1.84 bits per heavy atom. The van der Waals surface area contributed by atoms with E-state index in [0.717, 1.165) is 30.3 Å². The highest BCUT2D eigenvalue weighted by Crippen LogP contribution is 2.30. The third-order valence-electron chi connectivity index (χ3n) is 4.39. The average Bonchev–Trinajstić information content (AvgIpc) is 3.03. The topological polar surface area (TPSA) is 70.1 Å². The number of carbonyl (C=O) groups is 1. The normalized spacial score (nSPS) is 20.4. The molecule has 2 N–H and O–H groups in total. The lowest BCUT2D eigenvalue weighted by molar-refractivity contribution is 0.262. The van der Waals surface area contributed by atoms with Gasteiger partial charge in [0.05, 0.1) is 0 Å². The van der Waals surface area contributed by atoms with Crippen molar-refractivity contribution in [3.63, 3.8) is 0 Å². The minimum atomic E-state index is -0.299. The van der Waals surface area contributed by atoms with Gasteiger partial charge in [0.25, 0.3) is 0 Å². The fourth-order valence-corrected chi connectivity index (χ4v) is 4.05. The van der Waals surface area contributed by atoms with Crippen LogP contribution in [-0.4, -0.2) is 29.3 Å². The molecule has 3 rings (SSSR count). The van der Waals surface area contributed by atoms with Crippen LogP contribution in [0.25, 0.3) is 0 Å². The number of nitrogens with zero attached hydrogens (tertiary/aromatic N) is 3. The third-order valence-corrected chi connectivity index (χ3v) is 5.29. The van der Waals surface area contributed by atoms with Gasteiger partial charge in [-0.1, -0.05) is 44.2 Å². The van der Waals surface area contributed by atoms with Crippen molar-refractivity contribution in [1.82, 2.24) is 10.2 Å². The number of aromatic nitrogens is 2. The average molecular weight is 359 g/mol. The maximum absolute atomic E-state index is 12.1. The van der Waals surface area contributed by atoms with Crippen molar-refractivity contribution in [2.24, 2.45) is 11.8 Å². The van der Waals surface area contributed by atoms with Crippen molar-refractivity contribution in [2.75, 3.05) is 28.6 Å². The Hall–Kier alpha value is -2.15. The van der Waals surface area contributed by atoms with E-state index in [1.54, 1.807) is 0 Å². The zero-order valence-corrected chi connectivity index (χ0v) is 15.8. The monoisotopic (exact) mass is 359 g/mol. The van der Waals surface area contributed by atoms with Crippen LogP contribution in [-0.2, 0) is 6.42 Å². The van der Waals surface area contributed by atoms with Gasteiger partial charge in [0.2, 0.25) is 10.3 Å². The summed E-state index contributed by atoms with van der Waals surface area (Å²) in [5.41, 5.74) is 2.00. The van der Waals surface area contributed by atoms with E-state index in [1.807, 2.05) is 24.3 Å². The summed E-state index contributed by atoms with van der Waals surface area (Å²) in [6.07, 6.45) is 2.23. The van der Waals surface area contributed by atoms with E-state index in [0.29, 0.717) is 17.0 Å². The summed E-state index contributed by atoms with van der Waals surface area (Å²) in [5.74, 6) is 1.30. The molecule has 0 unspecified atom stereocenters. The van der Waals surface area contributed by atoms with Crippen LogP contribution in [0.2, 0.25) is 0 Å². The van der Waals surface area contributed by atoms with Gasteiger partial charge in [-0.3, -0.25) is 5.32 Å². The van der Waals surface area contributed by atoms with E-state index >= 15 is 0 Å². The molecule has 2 amide bonds. The van der Waals surface area contributed by atoms with Crippen LogP contribution in [0.5, 0.6) is 0 Å². The molecule has 25 heavy (non-hydrogen) atoms. The largest absolute Gasteiger partial charge is 0.346 e. The molecule has 6 nitrogen and oxygen atoms in total. The first-order valence-electron chi connectivity index (χ1n) is 8.79. The highest BCUT2D eigenvalue weighted by atomic mass is 32.1. The smallest absolute Gasteiger partial charge is 0.325 e. The first-order chi connectivity index (χ1) is 12.0. The van der Waals surface area contributed by atoms with Crippen molar-refractivity contribution in [3.05, 3.63) is 29.8 Å². The number of hydrogen-bond donors (Lipinski definition) is 2. The Morgan fingerprint density at radius 1 is 1.16 bits per heavy atom. The lowest BCUT2D eigenvalue weighted by Crippen LogP contribution is -2.38. The van der Waals surface area contributed by atoms with Crippen LogP contribution < -0.4 is 15.5 Å². The van der Waals surface area contributed by atoms with Gasteiger partial charge in [-0.15, -0.1) is 10.2 Å². The van der Waals surface area contributed by atoms with Gasteiger partial charge in [-0.2, -0.15) is 0 Å². The van der Waals surface area contributed by atoms with E-state index in [4.69, 9.17) is 0 Å². The predicted molar refractivity (Wildman–Crippen MR) is 104 cm³/mol. The zero-order valence-electron chi connectivity index (χ0n) is 15.0. The molecule has 0 radical (unpaired) electrons. The van der Waals surface area contributed by atoms with Crippen molar-refractivity contribution >= 4 is 33.3 Å². The maximum Gasteiger partial charge on any atom is 0.325 e. The fourth-order valence-electron chi connectivity index (χ4n) is 3.30. The summed E-state index contributed by atoms with van der Waals surface area (Å²) in [5, 5.41) is 15.3. The van der Waals surface area contributed by atoms with Gasteiger partial charge < -0.3 is 10.2 Å². The molecule has 1 aromatic heterocycles. The summed E-state index contributed by atoms with van der Waals surface area (Å²) >= 11 is 1.42. The van der Waals surface area contributed by atoms with E-state index in [9.17, 15) is 4.79 Å². The number of benzene rings is 1. The summed E-state index contributed by atoms with van der Waals surface area (Å²) in [4.78, 5) is 14.4. The molecule has 1 saturated heterocycles. The van der Waals surface area contributed by atoms with Crippen molar-refractivity contribution in [3.8, 4) is 0 Å². The summed E-state index contributed by atoms with van der Waals surface area (Å²) in [6.45, 7) is 8.62. The lowest BCUT2D eigenvalue weighted by Gasteiger charge is -2.34. The Kier molecular flexibility index (Phi) is 5.53. The van der Waals surface area contributed by atoms with Gasteiger partial charge in [0.1, 0.15) is 0 Å². The third kappa shape index (κ3) is 4.69. The Morgan fingerprint density at radius 3 is 2.48 bits per heavy atom. The Labute approximate surface area is 152 Å². The molecule has 2 aromatic rings. The number of nitrogens with one attached hydrogen (secondary N) is 2. The molecule has 134 valence electrons. The standard InChI is InChI=1S/C18H25N5OS/c1-4-14-5-7-15(8-6-14)19-16(24)20-17-21-22-18(25-17)23-10-12(2)9-13(3)11-23/h5-8,12-13H,4,9-11H2,1-3H3,(H2,19,20,21,24)/t12-,13-/m0/s1. The molecule has 1 aromatic carbocycles. The summed E-state index contributed by atoms with van der Waals surface area (Å²) in [7, 11) is 0. The minimum Gasteiger partial charge on any atom is -0.346 e. The van der Waals surface area contributed by atoms with Crippen molar-refractivity contribution in [2.45, 2.75) is 33.6 Å². The number of hydrogen-bond acceptors (Lipinski definition) is 5. The van der Waals surface area contributed by atoms with E-state index < -0.39 is 0 Å². The quantitative estimate of drug-likeness (QED) is 0.857. The number of piperidine rings is 1. The predicted octanol–water partition coefficient (Wildman–Crippen LogP) is 4.23. The number of aryl methyl sites for hydroxylation is 1. The fraction of sp³-hybridized carbons (Fsp3) is 0.500. The van der Waals surface area contributed by atoms with Crippen molar-refractivity contribution < 1.29 is 4.79 Å². The number of rotatable bonds is 4. The van der Waals surface area contributed by atoms with Crippen LogP contribution in [0.3, 0.4) is 0 Å². The first kappa shape index (κ1) is 17.7. The maximum atomic E-state index is 12.1. The minimum absolute atomic E-state index is 0.299. The van der Waals surface area contributed by atoms with Gasteiger partial charge in [0.15, 0.2) is 0 Å². The van der Waals surface area contributed by atoms with Gasteiger partial charge >= 0.3 is 6.03 Å². The van der Waals surface area contributed by atoms with E-state index in [-0.39, 0.29) is 6.03 Å². The number of amides is 2. The molecule has 0 aliphatic carbocycles. The molecular formula is C18H25N5OS. The molecule has 1 aliphatic heterocycles. The second-order valence-electron chi connectivity index (χ2n) is 6.87. The van der Waals surface area contributed by atoms with Gasteiger partial charge in [-0.05, 0) is 42.4 Å². The number of anilines is 3. The van der Waals surface area contributed by atoms with Gasteiger partial charge in [-0.25, -0.2) is 4.79 Å². The van der Waals surface area contributed by atoms with Crippen LogP contribution in [0.4, 0.5) is 20.7 Å². The molecule has 0 bridgehead atoms. The molecule has 0 saturated carbocycles. The second-order valence-corrected chi connectivity index (χ2v) is 7.83. The zero-order chi connectivity index (χ0) is 17.8. The lowest BCUT2D eigenvalue weighted by atomic mass is 9.92. The van der Waals surface area contributed by atoms with E-state index in [2.05, 4.69) is 46.5 Å². The number of carbonyl (C=O) groups excluding carboxylic acids is 1. The Balaban J connectivity index is 1.57. The molecule has 2 atom stereocenters. The summed E-state index contributed by atoms with van der Waals surface area (Å²) < 4.78 is 0. The molecular weight excluding hydrogens is 334 g/mol. The summed E-state index contributed by atoms with van der Waals surface area (Å²) in [6, 6.07) is 7.53. The molecule has 1 aliphatic rings. The molecule has 7 heteroatoms. The molecule has 1 fully saturated rings. The number of urea groups is 1. The Bertz CT molecular complexity index is 705. The van der Waals surface area contributed by atoms with Crippen LogP contribution >= 0.6 is 11.3 Å². The van der Waals surface area contributed by atoms with Crippen LogP contribution in [0.15, 0.2) is 24.3 Å². The van der Waals surface area contributed by atoms with Crippen LogP contribution in [0.1, 0.15) is 32.8 Å². The van der Waals surface area contributed by atoms with E-state index in [1.165, 1.54) is 23.3 Å². The highest BCUT2D eigenvalue weighted by Gasteiger charge is 2.24. The SMILES string of the molecule is CCc1ccc(NC(=O)Nc2nnc(N3C[C@@H](C)C[C@H](C)C3)s2)cc1. The van der Waals surface area contributed by atoms with Crippen molar-refractivity contribution in [1.29, 1.82) is 0 Å². The van der Waals surface area contributed by atoms with Gasteiger partial charge in [0, 0.05) is 18.8 Å².